The van der Waals surface area contributed by atoms with E-state index < -0.39 is 12.5 Å². The summed E-state index contributed by atoms with van der Waals surface area (Å²) in [7, 11) is 0. The first-order chi connectivity index (χ1) is 6.63. The summed E-state index contributed by atoms with van der Waals surface area (Å²) in [5, 5.41) is 9.10. The maximum Gasteiger partial charge on any atom is 0.295 e. The second kappa shape index (κ2) is 3.06. The maximum absolute atomic E-state index is 13.0. The van der Waals surface area contributed by atoms with Crippen LogP contribution in [0.15, 0.2) is 34.9 Å². The van der Waals surface area contributed by atoms with Gasteiger partial charge in [0.2, 0.25) is 0 Å². The predicted octanol–water partition coefficient (Wildman–Crippen LogP) is 2.52. The molecule has 0 fully saturated rings. The summed E-state index contributed by atoms with van der Waals surface area (Å²) < 4.78 is 31.1. The second-order valence-electron chi connectivity index (χ2n) is 3.04. The summed E-state index contributed by atoms with van der Waals surface area (Å²) in [5.41, 5.74) is 0.358. The van der Waals surface area contributed by atoms with Crippen LogP contribution in [0.5, 0.6) is 0 Å². The van der Waals surface area contributed by atoms with Crippen molar-refractivity contribution in [3.8, 4) is 0 Å². The zero-order valence-corrected chi connectivity index (χ0v) is 7.21. The lowest BCUT2D eigenvalue weighted by atomic mass is 10.1. The van der Waals surface area contributed by atoms with Gasteiger partial charge in [0, 0.05) is 10.9 Å². The Labute approximate surface area is 78.8 Å². The molecule has 4 heteroatoms. The van der Waals surface area contributed by atoms with E-state index in [1.807, 2.05) is 0 Å². The van der Waals surface area contributed by atoms with Gasteiger partial charge in [0.25, 0.3) is 5.92 Å². The van der Waals surface area contributed by atoms with Crippen molar-refractivity contribution < 1.29 is 18.3 Å². The third-order valence-corrected chi connectivity index (χ3v) is 2.07. The van der Waals surface area contributed by atoms with Crippen molar-refractivity contribution in [1.29, 1.82) is 0 Å². The number of rotatable bonds is 2. The largest absolute Gasteiger partial charge is 0.464 e. The van der Waals surface area contributed by atoms with Crippen LogP contribution in [0.2, 0.25) is 0 Å². The first-order valence-electron chi connectivity index (χ1n) is 4.10. The lowest BCUT2D eigenvalue weighted by Crippen LogP contribution is -2.18. The van der Waals surface area contributed by atoms with Crippen molar-refractivity contribution in [2.75, 3.05) is 6.61 Å². The highest BCUT2D eigenvalue weighted by atomic mass is 19.3. The molecule has 2 rings (SSSR count). The van der Waals surface area contributed by atoms with Crippen LogP contribution in [0, 0.1) is 0 Å². The van der Waals surface area contributed by atoms with Crippen molar-refractivity contribution in [1.82, 2.24) is 0 Å². The van der Waals surface area contributed by atoms with Gasteiger partial charge >= 0.3 is 0 Å². The highest BCUT2D eigenvalue weighted by Crippen LogP contribution is 2.29. The number of benzene rings is 1. The fourth-order valence-corrected chi connectivity index (χ4v) is 1.29. The molecule has 0 aliphatic carbocycles. The molecular formula is C10H8F2O2. The zero-order valence-electron chi connectivity index (χ0n) is 7.21. The molecule has 0 bridgehead atoms. The predicted molar refractivity (Wildman–Crippen MR) is 47.2 cm³/mol. The Bertz CT molecular complexity index is 448. The van der Waals surface area contributed by atoms with E-state index in [4.69, 9.17) is 9.52 Å². The molecule has 0 radical (unpaired) electrons. The molecule has 0 amide bonds. The minimum atomic E-state index is -3.19. The number of halogens is 2. The van der Waals surface area contributed by atoms with Gasteiger partial charge in [-0.05, 0) is 24.3 Å². The normalized spacial score (nSPS) is 12.2. The molecule has 0 saturated carbocycles. The second-order valence-corrected chi connectivity index (χ2v) is 3.04. The molecule has 1 heterocycles. The number of aliphatic hydroxyl groups is 1. The van der Waals surface area contributed by atoms with Crippen LogP contribution >= 0.6 is 0 Å². The minimum Gasteiger partial charge on any atom is -0.464 e. The first-order valence-corrected chi connectivity index (χ1v) is 4.10. The third kappa shape index (κ3) is 1.37. The van der Waals surface area contributed by atoms with E-state index in [0.717, 1.165) is 0 Å². The Morgan fingerprint density at radius 2 is 2.07 bits per heavy atom. The molecule has 1 N–H and O–H groups in total. The van der Waals surface area contributed by atoms with Gasteiger partial charge in [0.15, 0.2) is 0 Å². The van der Waals surface area contributed by atoms with Crippen LogP contribution in [0.25, 0.3) is 11.0 Å². The monoisotopic (exact) mass is 198 g/mol. The van der Waals surface area contributed by atoms with Crippen molar-refractivity contribution in [2.45, 2.75) is 5.92 Å². The van der Waals surface area contributed by atoms with Gasteiger partial charge in [-0.3, -0.25) is 0 Å². The Balaban J connectivity index is 2.53. The van der Waals surface area contributed by atoms with E-state index >= 15 is 0 Å². The van der Waals surface area contributed by atoms with Gasteiger partial charge in [-0.15, -0.1) is 0 Å². The molecule has 74 valence electrons. The number of aliphatic hydroxyl groups excluding tert-OH is 1. The lowest BCUT2D eigenvalue weighted by molar-refractivity contribution is -0.0555. The molecule has 2 aromatic rings. The van der Waals surface area contributed by atoms with Crippen molar-refractivity contribution >= 4 is 11.0 Å². The number of fused-ring (bicyclic) bond motifs is 1. The van der Waals surface area contributed by atoms with Gasteiger partial charge in [-0.25, -0.2) is 0 Å². The molecule has 2 nitrogen and oxygen atoms in total. The van der Waals surface area contributed by atoms with Gasteiger partial charge in [0.1, 0.15) is 12.2 Å². The number of hydrogen-bond acceptors (Lipinski definition) is 2. The molecule has 0 unspecified atom stereocenters. The summed E-state index contributed by atoms with van der Waals surface area (Å²) in [5.74, 6) is -3.19. The standard InChI is InChI=1S/C10H8F2O2/c11-10(12,6-13)8-1-2-9-7(5-8)3-4-14-9/h1-5,13H,6H2. The average molecular weight is 198 g/mol. The van der Waals surface area contributed by atoms with E-state index in [9.17, 15) is 8.78 Å². The van der Waals surface area contributed by atoms with E-state index in [1.54, 1.807) is 6.07 Å². The van der Waals surface area contributed by atoms with Crippen molar-refractivity contribution in [3.63, 3.8) is 0 Å². The Hall–Kier alpha value is -1.42. The average Bonchev–Trinajstić information content (AvgIpc) is 2.64. The van der Waals surface area contributed by atoms with Crippen LogP contribution in [0.3, 0.4) is 0 Å². The molecule has 1 aromatic carbocycles. The van der Waals surface area contributed by atoms with E-state index in [-0.39, 0.29) is 5.56 Å². The van der Waals surface area contributed by atoms with E-state index in [1.165, 1.54) is 24.5 Å². The molecule has 0 aliphatic rings. The molecule has 14 heavy (non-hydrogen) atoms. The summed E-state index contributed by atoms with van der Waals surface area (Å²) in [6.45, 7) is -1.18. The fraction of sp³-hybridized carbons (Fsp3) is 0.200. The first kappa shape index (κ1) is 9.15. The zero-order chi connectivity index (χ0) is 10.2. The SMILES string of the molecule is OCC(F)(F)c1ccc2occc2c1. The quantitative estimate of drug-likeness (QED) is 0.804. The van der Waals surface area contributed by atoms with Gasteiger partial charge < -0.3 is 9.52 Å². The third-order valence-electron chi connectivity index (χ3n) is 2.07. The molecule has 1 aromatic heterocycles. The smallest absolute Gasteiger partial charge is 0.295 e. The van der Waals surface area contributed by atoms with Crippen LogP contribution in [-0.2, 0) is 5.92 Å². The maximum atomic E-state index is 13.0. The van der Waals surface area contributed by atoms with Crippen LogP contribution in [-0.4, -0.2) is 11.7 Å². The molecule has 0 aliphatic heterocycles. The van der Waals surface area contributed by atoms with Crippen molar-refractivity contribution in [3.05, 3.63) is 36.1 Å². The topological polar surface area (TPSA) is 33.4 Å². The highest BCUT2D eigenvalue weighted by Gasteiger charge is 2.30. The highest BCUT2D eigenvalue weighted by molar-refractivity contribution is 5.77. The van der Waals surface area contributed by atoms with Gasteiger partial charge in [0.05, 0.1) is 6.26 Å². The Kier molecular flexibility index (Phi) is 2.00. The number of hydrogen-bond donors (Lipinski definition) is 1. The van der Waals surface area contributed by atoms with E-state index in [0.29, 0.717) is 11.0 Å². The summed E-state index contributed by atoms with van der Waals surface area (Å²) in [6, 6.07) is 5.64. The molecular weight excluding hydrogens is 190 g/mol. The Morgan fingerprint density at radius 1 is 1.29 bits per heavy atom. The summed E-state index contributed by atoms with van der Waals surface area (Å²) in [4.78, 5) is 0. The van der Waals surface area contributed by atoms with Gasteiger partial charge in [-0.1, -0.05) is 0 Å². The molecule has 0 atom stereocenters. The molecule has 0 spiro atoms. The Morgan fingerprint density at radius 3 is 2.79 bits per heavy atom. The van der Waals surface area contributed by atoms with Crippen LogP contribution in [0.4, 0.5) is 8.78 Å². The van der Waals surface area contributed by atoms with Crippen LogP contribution in [0.1, 0.15) is 5.56 Å². The van der Waals surface area contributed by atoms with Crippen LogP contribution < -0.4 is 0 Å². The van der Waals surface area contributed by atoms with Gasteiger partial charge in [-0.2, -0.15) is 8.78 Å². The van der Waals surface area contributed by atoms with Crippen molar-refractivity contribution in [2.24, 2.45) is 0 Å². The number of alkyl halides is 2. The summed E-state index contributed by atoms with van der Waals surface area (Å²) >= 11 is 0. The lowest BCUT2D eigenvalue weighted by Gasteiger charge is -2.12. The van der Waals surface area contributed by atoms with E-state index in [2.05, 4.69) is 0 Å². The minimum absolute atomic E-state index is 0.200. The number of furan rings is 1. The fourth-order valence-electron chi connectivity index (χ4n) is 1.29. The summed E-state index contributed by atoms with van der Waals surface area (Å²) in [6.07, 6.45) is 1.44. The molecule has 0 saturated heterocycles.